The summed E-state index contributed by atoms with van der Waals surface area (Å²) in [7, 11) is 0. The third-order valence-electron chi connectivity index (χ3n) is 2.98. The lowest BCUT2D eigenvalue weighted by molar-refractivity contribution is 0.422. The molecule has 4 heteroatoms. The number of aromatic nitrogens is 2. The maximum Gasteiger partial charge on any atom is 0.321 e. The largest absolute Gasteiger partial charge is 0.424 e. The molecule has 0 aliphatic rings. The molecule has 0 unspecified atom stereocenters. The van der Waals surface area contributed by atoms with Crippen molar-refractivity contribution >= 4 is 15.9 Å². The molecular formula is C16H19BrN2O. The fourth-order valence-electron chi connectivity index (χ4n) is 1.90. The number of hydrogen-bond donors (Lipinski definition) is 0. The molecule has 2 rings (SSSR count). The number of halogens is 1. The molecule has 0 aliphatic heterocycles. The highest BCUT2D eigenvalue weighted by Gasteiger charge is 2.19. The lowest BCUT2D eigenvalue weighted by atomic mass is 9.86. The van der Waals surface area contributed by atoms with Crippen molar-refractivity contribution < 1.29 is 4.74 Å². The fourth-order valence-corrected chi connectivity index (χ4v) is 2.19. The van der Waals surface area contributed by atoms with Crippen molar-refractivity contribution in [2.45, 2.75) is 38.4 Å². The van der Waals surface area contributed by atoms with Gasteiger partial charge in [0.15, 0.2) is 0 Å². The smallest absolute Gasteiger partial charge is 0.321 e. The number of nitrogens with zero attached hydrogens (tertiary/aromatic N) is 2. The van der Waals surface area contributed by atoms with E-state index < -0.39 is 0 Å². The van der Waals surface area contributed by atoms with Crippen molar-refractivity contribution in [3.63, 3.8) is 0 Å². The van der Waals surface area contributed by atoms with Gasteiger partial charge in [0, 0.05) is 23.3 Å². The number of rotatable bonds is 3. The number of aryl methyl sites for hydroxylation is 1. The molecule has 0 saturated heterocycles. The molecule has 0 fully saturated rings. The Bertz CT molecular complexity index is 588. The number of ether oxygens (including phenoxy) is 1. The summed E-state index contributed by atoms with van der Waals surface area (Å²) in [5.41, 5.74) is 3.35. The second kappa shape index (κ2) is 5.92. The minimum atomic E-state index is 0.0127. The topological polar surface area (TPSA) is 35.0 Å². The van der Waals surface area contributed by atoms with Crippen LogP contribution in [0.5, 0.6) is 11.8 Å². The lowest BCUT2D eigenvalue weighted by Crippen LogP contribution is -2.13. The molecule has 3 nitrogen and oxygen atoms in total. The van der Waals surface area contributed by atoms with Gasteiger partial charge in [-0.2, -0.15) is 0 Å². The van der Waals surface area contributed by atoms with Gasteiger partial charge in [0.1, 0.15) is 5.75 Å². The minimum Gasteiger partial charge on any atom is -0.424 e. The molecule has 1 aromatic heterocycles. The van der Waals surface area contributed by atoms with Crippen LogP contribution in [0.15, 0.2) is 30.6 Å². The van der Waals surface area contributed by atoms with Gasteiger partial charge in [-0.15, -0.1) is 0 Å². The van der Waals surface area contributed by atoms with Crippen LogP contribution in [-0.4, -0.2) is 9.97 Å². The van der Waals surface area contributed by atoms with Gasteiger partial charge in [-0.3, -0.25) is 0 Å². The molecule has 2 aromatic rings. The predicted molar refractivity (Wildman–Crippen MR) is 84.6 cm³/mol. The van der Waals surface area contributed by atoms with E-state index in [9.17, 15) is 0 Å². The van der Waals surface area contributed by atoms with E-state index in [1.54, 1.807) is 12.4 Å². The van der Waals surface area contributed by atoms with E-state index in [1.807, 2.05) is 13.0 Å². The Labute approximate surface area is 128 Å². The van der Waals surface area contributed by atoms with Gasteiger partial charge in [-0.25, -0.2) is 9.97 Å². The first-order valence-electron chi connectivity index (χ1n) is 6.56. The van der Waals surface area contributed by atoms with Crippen molar-refractivity contribution in [1.29, 1.82) is 0 Å². The summed E-state index contributed by atoms with van der Waals surface area (Å²) in [5.74, 6) is 0.823. The predicted octanol–water partition coefficient (Wildman–Crippen LogP) is 4.77. The molecule has 1 aromatic carbocycles. The van der Waals surface area contributed by atoms with Crippen LogP contribution in [0.3, 0.4) is 0 Å². The molecule has 0 aliphatic carbocycles. The van der Waals surface area contributed by atoms with Crippen LogP contribution >= 0.6 is 15.9 Å². The summed E-state index contributed by atoms with van der Waals surface area (Å²) in [6, 6.07) is 6.62. The second-order valence-corrected chi connectivity index (χ2v) is 6.42. The maximum atomic E-state index is 5.88. The zero-order valence-electron chi connectivity index (χ0n) is 12.3. The van der Waals surface area contributed by atoms with E-state index in [2.05, 4.69) is 58.8 Å². The Morgan fingerprint density at radius 3 is 2.35 bits per heavy atom. The maximum absolute atomic E-state index is 5.88. The molecule has 0 amide bonds. The van der Waals surface area contributed by atoms with Crippen molar-refractivity contribution in [2.75, 3.05) is 0 Å². The Kier molecular flexibility index (Phi) is 4.43. The Morgan fingerprint density at radius 2 is 1.80 bits per heavy atom. The van der Waals surface area contributed by atoms with Crippen molar-refractivity contribution in [1.82, 2.24) is 9.97 Å². The molecule has 0 N–H and O–H groups in total. The molecule has 0 atom stereocenters. The SMILES string of the molecule is Cc1ccc(C(C)(C)C)c(Oc2ncc(CBr)cn2)c1. The highest BCUT2D eigenvalue weighted by molar-refractivity contribution is 9.08. The third-order valence-corrected chi connectivity index (χ3v) is 3.63. The van der Waals surface area contributed by atoms with Gasteiger partial charge < -0.3 is 4.74 Å². The van der Waals surface area contributed by atoms with Gasteiger partial charge in [0.05, 0.1) is 0 Å². The van der Waals surface area contributed by atoms with Crippen molar-refractivity contribution in [2.24, 2.45) is 0 Å². The third kappa shape index (κ3) is 3.57. The van der Waals surface area contributed by atoms with Crippen LogP contribution in [0.4, 0.5) is 0 Å². The Balaban J connectivity index is 2.34. The fraction of sp³-hybridized carbons (Fsp3) is 0.375. The van der Waals surface area contributed by atoms with Crippen LogP contribution in [0.2, 0.25) is 0 Å². The van der Waals surface area contributed by atoms with E-state index in [4.69, 9.17) is 4.74 Å². The van der Waals surface area contributed by atoms with Gasteiger partial charge >= 0.3 is 6.01 Å². The van der Waals surface area contributed by atoms with E-state index in [-0.39, 0.29) is 5.41 Å². The average molecular weight is 335 g/mol. The standard InChI is InChI=1S/C16H19BrN2O/c1-11-5-6-13(16(2,3)4)14(7-11)20-15-18-9-12(8-17)10-19-15/h5-7,9-10H,8H2,1-4H3. The highest BCUT2D eigenvalue weighted by atomic mass is 79.9. The van der Waals surface area contributed by atoms with Crippen LogP contribution in [-0.2, 0) is 10.7 Å². The highest BCUT2D eigenvalue weighted by Crippen LogP contribution is 2.33. The molecule has 0 saturated carbocycles. The summed E-state index contributed by atoms with van der Waals surface area (Å²) in [6.45, 7) is 8.55. The van der Waals surface area contributed by atoms with Crippen molar-refractivity contribution in [3.8, 4) is 11.8 Å². The first-order valence-corrected chi connectivity index (χ1v) is 7.68. The Morgan fingerprint density at radius 1 is 1.15 bits per heavy atom. The summed E-state index contributed by atoms with van der Waals surface area (Å²) in [5, 5.41) is 0.741. The van der Waals surface area contributed by atoms with Crippen LogP contribution < -0.4 is 4.74 Å². The summed E-state index contributed by atoms with van der Waals surface area (Å²) in [6.07, 6.45) is 3.54. The van der Waals surface area contributed by atoms with E-state index >= 15 is 0 Å². The first-order chi connectivity index (χ1) is 9.40. The van der Waals surface area contributed by atoms with Gasteiger partial charge in [-0.05, 0) is 29.5 Å². The molecular weight excluding hydrogens is 316 g/mol. The first kappa shape index (κ1) is 15.0. The van der Waals surface area contributed by atoms with Crippen molar-refractivity contribution in [3.05, 3.63) is 47.3 Å². The minimum absolute atomic E-state index is 0.0127. The number of hydrogen-bond acceptors (Lipinski definition) is 3. The van der Waals surface area contributed by atoms with Gasteiger partial charge in [-0.1, -0.05) is 48.8 Å². The summed E-state index contributed by atoms with van der Waals surface area (Å²) >= 11 is 3.38. The molecule has 0 bridgehead atoms. The summed E-state index contributed by atoms with van der Waals surface area (Å²) < 4.78 is 5.88. The number of alkyl halides is 1. The average Bonchev–Trinajstić information content (AvgIpc) is 2.38. The normalized spacial score (nSPS) is 11.4. The second-order valence-electron chi connectivity index (χ2n) is 5.86. The van der Waals surface area contributed by atoms with Gasteiger partial charge in [0.2, 0.25) is 0 Å². The van der Waals surface area contributed by atoms with E-state index in [0.717, 1.165) is 27.8 Å². The van der Waals surface area contributed by atoms with Crippen LogP contribution in [0, 0.1) is 6.92 Å². The van der Waals surface area contributed by atoms with Crippen LogP contribution in [0.25, 0.3) is 0 Å². The van der Waals surface area contributed by atoms with Gasteiger partial charge in [0.25, 0.3) is 0 Å². The lowest BCUT2D eigenvalue weighted by Gasteiger charge is -2.22. The molecule has 0 radical (unpaired) electrons. The van der Waals surface area contributed by atoms with E-state index in [1.165, 1.54) is 0 Å². The molecule has 0 spiro atoms. The molecule has 20 heavy (non-hydrogen) atoms. The monoisotopic (exact) mass is 334 g/mol. The molecule has 106 valence electrons. The van der Waals surface area contributed by atoms with Crippen LogP contribution in [0.1, 0.15) is 37.5 Å². The number of benzene rings is 1. The van der Waals surface area contributed by atoms with E-state index in [0.29, 0.717) is 6.01 Å². The quantitative estimate of drug-likeness (QED) is 0.758. The molecule has 1 heterocycles. The summed E-state index contributed by atoms with van der Waals surface area (Å²) in [4.78, 5) is 8.47. The zero-order chi connectivity index (χ0) is 14.8. The Hall–Kier alpha value is -1.42. The zero-order valence-corrected chi connectivity index (χ0v) is 13.9.